The van der Waals surface area contributed by atoms with E-state index in [2.05, 4.69) is 17.1 Å². The van der Waals surface area contributed by atoms with Crippen LogP contribution in [0.3, 0.4) is 0 Å². The first-order valence-electron chi connectivity index (χ1n) is 11.1. The lowest BCUT2D eigenvalue weighted by Gasteiger charge is -2.30. The van der Waals surface area contributed by atoms with Gasteiger partial charge in [0.05, 0.1) is 19.2 Å². The summed E-state index contributed by atoms with van der Waals surface area (Å²) in [7, 11) is 1.62. The molecule has 0 bridgehead atoms. The Morgan fingerprint density at radius 2 is 1.94 bits per heavy atom. The molecule has 7 nitrogen and oxygen atoms in total. The van der Waals surface area contributed by atoms with E-state index in [0.29, 0.717) is 18.7 Å². The Bertz CT molecular complexity index is 1000. The molecule has 3 heterocycles. The Labute approximate surface area is 182 Å². The maximum atomic E-state index is 13.4. The van der Waals surface area contributed by atoms with Gasteiger partial charge in [-0.25, -0.2) is 0 Å². The predicted molar refractivity (Wildman–Crippen MR) is 119 cm³/mol. The summed E-state index contributed by atoms with van der Waals surface area (Å²) < 4.78 is 7.06. The quantitative estimate of drug-likeness (QED) is 0.709. The largest absolute Gasteiger partial charge is 0.497 e. The van der Waals surface area contributed by atoms with Gasteiger partial charge in [0.1, 0.15) is 5.75 Å². The number of ether oxygens (including phenoxy) is 1. The van der Waals surface area contributed by atoms with E-state index in [1.54, 1.807) is 7.11 Å². The molecule has 2 aliphatic rings. The van der Waals surface area contributed by atoms with Gasteiger partial charge in [0.15, 0.2) is 0 Å². The number of hydrogen-bond acceptors (Lipinski definition) is 5. The van der Waals surface area contributed by atoms with Crippen LogP contribution in [0, 0.1) is 11.8 Å². The normalized spacial score (nSPS) is 24.6. The van der Waals surface area contributed by atoms with Gasteiger partial charge in [-0.2, -0.15) is 0 Å². The molecular weight excluding hydrogens is 394 g/mol. The molecule has 0 spiro atoms. The second-order valence-corrected chi connectivity index (χ2v) is 8.35. The summed E-state index contributed by atoms with van der Waals surface area (Å²) in [5.74, 6) is 0.542. The van der Waals surface area contributed by atoms with Crippen LogP contribution in [0.4, 0.5) is 0 Å². The molecule has 0 radical (unpaired) electrons. The zero-order valence-corrected chi connectivity index (χ0v) is 18.4. The van der Waals surface area contributed by atoms with Crippen molar-refractivity contribution in [3.05, 3.63) is 52.4 Å². The zero-order valence-electron chi connectivity index (χ0n) is 18.4. The number of aliphatic hydroxyl groups is 1. The summed E-state index contributed by atoms with van der Waals surface area (Å²) in [6.45, 7) is 5.74. The summed E-state index contributed by atoms with van der Waals surface area (Å²) in [5.41, 5.74) is 2.41. The highest BCUT2D eigenvalue weighted by atomic mass is 16.5. The third-order valence-corrected chi connectivity index (χ3v) is 6.69. The lowest BCUT2D eigenvalue weighted by Crippen LogP contribution is -2.48. The van der Waals surface area contributed by atoms with Crippen molar-refractivity contribution in [2.45, 2.75) is 38.9 Å². The highest BCUT2D eigenvalue weighted by Gasteiger charge is 2.55. The number of methoxy groups -OCH3 is 1. The minimum Gasteiger partial charge on any atom is -0.497 e. The molecule has 1 aromatic carbocycles. The summed E-state index contributed by atoms with van der Waals surface area (Å²) in [6.07, 6.45) is 0.894. The standard InChI is InChI=1S/C24H31N3O4/c1-4-12-26-21-18(19(14-28)22(26)23(29)25-5-2)13-27-20(21)11-10-17(24(27)30)15-6-8-16(31-3)9-7-15/h6-11,18-19,21-22,28H,4-5,12-14H2,1-3H3,(H,25,29)/t18-,19-,21+,22-/m0/s1. The van der Waals surface area contributed by atoms with Crippen LogP contribution in [0.2, 0.25) is 0 Å². The van der Waals surface area contributed by atoms with E-state index in [-0.39, 0.29) is 42.0 Å². The van der Waals surface area contributed by atoms with Gasteiger partial charge in [0.2, 0.25) is 5.91 Å². The highest BCUT2D eigenvalue weighted by Crippen LogP contribution is 2.49. The van der Waals surface area contributed by atoms with Crippen molar-refractivity contribution in [1.29, 1.82) is 0 Å². The minimum atomic E-state index is -0.370. The van der Waals surface area contributed by atoms with Gasteiger partial charge in [-0.15, -0.1) is 0 Å². The first-order chi connectivity index (χ1) is 15.0. The molecule has 1 amide bonds. The minimum absolute atomic E-state index is 0.0280. The maximum Gasteiger partial charge on any atom is 0.258 e. The van der Waals surface area contributed by atoms with Gasteiger partial charge in [-0.05, 0) is 49.7 Å². The molecule has 31 heavy (non-hydrogen) atoms. The molecule has 1 aromatic heterocycles. The van der Waals surface area contributed by atoms with Crippen molar-refractivity contribution >= 4 is 5.91 Å². The zero-order chi connectivity index (χ0) is 22.1. The number of nitrogens with zero attached hydrogens (tertiary/aromatic N) is 2. The number of pyridine rings is 1. The van der Waals surface area contributed by atoms with E-state index in [9.17, 15) is 14.7 Å². The average molecular weight is 426 g/mol. The second-order valence-electron chi connectivity index (χ2n) is 8.35. The lowest BCUT2D eigenvalue weighted by atomic mass is 9.88. The van der Waals surface area contributed by atoms with Gasteiger partial charge < -0.3 is 19.7 Å². The van der Waals surface area contributed by atoms with Crippen LogP contribution in [-0.2, 0) is 11.3 Å². The van der Waals surface area contributed by atoms with Crippen LogP contribution in [-0.4, -0.2) is 53.3 Å². The summed E-state index contributed by atoms with van der Waals surface area (Å²) in [5, 5.41) is 13.1. The lowest BCUT2D eigenvalue weighted by molar-refractivity contribution is -0.127. The van der Waals surface area contributed by atoms with Crippen molar-refractivity contribution in [3.63, 3.8) is 0 Å². The fourth-order valence-corrected chi connectivity index (χ4v) is 5.39. The molecule has 2 aromatic rings. The molecule has 4 rings (SSSR count). The molecule has 1 fully saturated rings. The van der Waals surface area contributed by atoms with Crippen molar-refractivity contribution in [1.82, 2.24) is 14.8 Å². The average Bonchev–Trinajstić information content (AvgIpc) is 3.30. The van der Waals surface area contributed by atoms with E-state index < -0.39 is 0 Å². The summed E-state index contributed by atoms with van der Waals surface area (Å²) in [6, 6.07) is 11.0. The number of likely N-dealkylation sites (tertiary alicyclic amines) is 1. The first-order valence-corrected chi connectivity index (χ1v) is 11.1. The molecular formula is C24H31N3O4. The SMILES string of the molecule is CCCN1[C@H](C(=O)NCC)[C@@H](CO)[C@@H]2Cn3c(ccc(-c4ccc(OC)cc4)c3=O)[C@@H]21. The number of aliphatic hydroxyl groups excluding tert-OH is 1. The highest BCUT2D eigenvalue weighted by molar-refractivity contribution is 5.82. The Balaban J connectivity index is 1.74. The van der Waals surface area contributed by atoms with Crippen LogP contribution in [0.15, 0.2) is 41.2 Å². The van der Waals surface area contributed by atoms with Gasteiger partial charge >= 0.3 is 0 Å². The number of aromatic nitrogens is 1. The van der Waals surface area contributed by atoms with E-state index >= 15 is 0 Å². The Morgan fingerprint density at radius 1 is 1.19 bits per heavy atom. The molecule has 2 N–H and O–H groups in total. The van der Waals surface area contributed by atoms with Crippen LogP contribution < -0.4 is 15.6 Å². The smallest absolute Gasteiger partial charge is 0.258 e. The molecule has 0 unspecified atom stereocenters. The van der Waals surface area contributed by atoms with E-state index in [1.807, 2.05) is 47.9 Å². The number of rotatable bonds is 7. The molecule has 1 saturated heterocycles. The van der Waals surface area contributed by atoms with E-state index in [4.69, 9.17) is 4.74 Å². The van der Waals surface area contributed by atoms with Crippen LogP contribution in [0.1, 0.15) is 32.0 Å². The molecule has 7 heteroatoms. The number of amides is 1. The predicted octanol–water partition coefficient (Wildman–Crippen LogP) is 2.03. The molecule has 2 aliphatic heterocycles. The van der Waals surface area contributed by atoms with Crippen molar-refractivity contribution in [2.75, 3.05) is 26.8 Å². The van der Waals surface area contributed by atoms with E-state index in [1.165, 1.54) is 0 Å². The number of fused-ring (bicyclic) bond motifs is 3. The molecule has 166 valence electrons. The van der Waals surface area contributed by atoms with Gasteiger partial charge in [0.25, 0.3) is 5.56 Å². The fraction of sp³-hybridized carbons (Fsp3) is 0.500. The van der Waals surface area contributed by atoms with Gasteiger partial charge in [-0.3, -0.25) is 14.5 Å². The van der Waals surface area contributed by atoms with Crippen molar-refractivity contribution < 1.29 is 14.6 Å². The first kappa shape index (κ1) is 21.6. The van der Waals surface area contributed by atoms with Crippen LogP contribution in [0.5, 0.6) is 5.75 Å². The van der Waals surface area contributed by atoms with Crippen LogP contribution in [0.25, 0.3) is 11.1 Å². The maximum absolute atomic E-state index is 13.4. The number of likely N-dealkylation sites (N-methyl/N-ethyl adjacent to an activating group) is 1. The Kier molecular flexibility index (Phi) is 6.16. The van der Waals surface area contributed by atoms with Crippen molar-refractivity contribution in [2.24, 2.45) is 11.8 Å². The number of carbonyl (C=O) groups excluding carboxylic acids is 1. The fourth-order valence-electron chi connectivity index (χ4n) is 5.39. The molecule has 4 atom stereocenters. The monoisotopic (exact) mass is 425 g/mol. The van der Waals surface area contributed by atoms with Crippen molar-refractivity contribution in [3.8, 4) is 16.9 Å². The molecule has 0 saturated carbocycles. The number of nitrogens with one attached hydrogen (secondary N) is 1. The van der Waals surface area contributed by atoms with Crippen LogP contribution >= 0.6 is 0 Å². The number of benzene rings is 1. The number of carbonyl (C=O) groups is 1. The van der Waals surface area contributed by atoms with Gasteiger partial charge in [-0.1, -0.05) is 19.1 Å². The summed E-state index contributed by atoms with van der Waals surface area (Å²) in [4.78, 5) is 28.5. The third-order valence-electron chi connectivity index (χ3n) is 6.69. The Hall–Kier alpha value is -2.64. The van der Waals surface area contributed by atoms with E-state index in [0.717, 1.165) is 30.0 Å². The second kappa shape index (κ2) is 8.85. The van der Waals surface area contributed by atoms with Gasteiger partial charge in [0, 0.05) is 42.8 Å². The Morgan fingerprint density at radius 3 is 2.55 bits per heavy atom. The topological polar surface area (TPSA) is 83.8 Å². The summed E-state index contributed by atoms with van der Waals surface area (Å²) >= 11 is 0. The third kappa shape index (κ3) is 3.55. The number of hydrogen-bond donors (Lipinski definition) is 2. The molecule has 0 aliphatic carbocycles.